The summed E-state index contributed by atoms with van der Waals surface area (Å²) in [6, 6.07) is 3.85. The highest BCUT2D eigenvalue weighted by molar-refractivity contribution is 8.11. The fraction of sp³-hybridized carbons (Fsp3) is 0.794. The van der Waals surface area contributed by atoms with Crippen LogP contribution in [0.2, 0.25) is 0 Å². The molecule has 1 aromatic rings. The van der Waals surface area contributed by atoms with Gasteiger partial charge < -0.3 is 84.8 Å². The van der Waals surface area contributed by atoms with Gasteiger partial charge in [-0.2, -0.15) is 64.8 Å². The molecule has 8 heterocycles. The third-order valence-corrected chi connectivity index (χ3v) is 24.8. The number of alkyl halides is 9. The van der Waals surface area contributed by atoms with Crippen molar-refractivity contribution in [1.29, 1.82) is 0 Å². The van der Waals surface area contributed by atoms with Gasteiger partial charge in [-0.1, -0.05) is 30.4 Å². The standard InChI is InChI=1S/C14H23BO4.C12H24B2O4.C9H11F3O5S.C8H13BO4.C8H5F6NO4S2.C8H12O3.C4H8O/c1-12(2)13(3,4)19-15(18-12)11-5-7-14(8-6-11)16-9-10-17-14;1-9(2)10(3,4)16-13(15-9)14-17-11(5,6)12(7,8)18-14;10-9(11,12)18(13,14)17-7-1-3-8(4-2-7)15-5-6-16-8;10-9(11)7-1-3-8(4-2-7)12-5-6-13-8;9-7(10,11)20(16,17)15(6-4-2-1-3-5-6)21(18,19)8(12,13)14;9-7-1-3-8(4-2-7)10-5-6-11-8;1-2-4-5-3-1/h5H,6-10H2,1-4H3;1-8H3;1H,2-6H2;1,10-11H,2-6H2;1-5H;1-6H2;1-4H2. The summed E-state index contributed by atoms with van der Waals surface area (Å²) in [5.41, 5.74) is -19.3. The van der Waals surface area contributed by atoms with Gasteiger partial charge in [0.25, 0.3) is 0 Å². The van der Waals surface area contributed by atoms with Crippen LogP contribution in [0.3, 0.4) is 0 Å². The lowest BCUT2D eigenvalue weighted by atomic mass is 9.49. The van der Waals surface area contributed by atoms with E-state index < -0.39 is 88.8 Å². The number of benzene rings is 1. The van der Waals surface area contributed by atoms with Crippen molar-refractivity contribution in [2.45, 2.75) is 253 Å². The van der Waals surface area contributed by atoms with Gasteiger partial charge in [0.05, 0.1) is 92.1 Å². The summed E-state index contributed by atoms with van der Waals surface area (Å²) >= 11 is 0. The highest BCUT2D eigenvalue weighted by atomic mass is 32.3. The van der Waals surface area contributed by atoms with E-state index in [1.54, 1.807) is 6.08 Å². The number of allylic oxidation sites excluding steroid dienone is 3. The molecular weight excluding hydrogens is 1480 g/mol. The molecule has 0 unspecified atom stereocenters. The molecule has 0 radical (unpaired) electrons. The van der Waals surface area contributed by atoms with E-state index in [2.05, 4.69) is 38.0 Å². The van der Waals surface area contributed by atoms with Crippen molar-refractivity contribution in [2.75, 3.05) is 69.8 Å². The Bertz CT molecular complexity index is 3370. The van der Waals surface area contributed by atoms with E-state index in [-0.39, 0.29) is 77.3 Å². The first kappa shape index (κ1) is 88.7. The van der Waals surface area contributed by atoms with Crippen LogP contribution in [0.4, 0.5) is 45.2 Å². The summed E-state index contributed by atoms with van der Waals surface area (Å²) in [6.45, 7) is 31.5. The summed E-state index contributed by atoms with van der Waals surface area (Å²) in [5.74, 6) is -1.90. The molecule has 2 N–H and O–H groups in total. The number of ketones is 1. The van der Waals surface area contributed by atoms with Crippen molar-refractivity contribution in [3.05, 3.63) is 65.3 Å². The fourth-order valence-corrected chi connectivity index (χ4v) is 15.0. The van der Waals surface area contributed by atoms with E-state index in [0.29, 0.717) is 102 Å². The zero-order chi connectivity index (χ0) is 78.4. The van der Waals surface area contributed by atoms with Crippen LogP contribution in [0, 0.1) is 0 Å². The summed E-state index contributed by atoms with van der Waals surface area (Å²) in [5, 5.41) is 17.8. The Morgan fingerprint density at radius 3 is 1.09 bits per heavy atom. The van der Waals surface area contributed by atoms with Gasteiger partial charge in [0, 0.05) is 83.8 Å². The van der Waals surface area contributed by atoms with Gasteiger partial charge in [0.1, 0.15) is 11.5 Å². The second-order valence-corrected chi connectivity index (χ2v) is 34.6. The van der Waals surface area contributed by atoms with Crippen LogP contribution in [-0.4, -0.2) is 209 Å². The quantitative estimate of drug-likeness (QED) is 0.106. The van der Waals surface area contributed by atoms with Crippen LogP contribution in [0.1, 0.15) is 179 Å². The van der Waals surface area contributed by atoms with Gasteiger partial charge >= 0.3 is 74.9 Å². The van der Waals surface area contributed by atoms with Gasteiger partial charge in [0.15, 0.2) is 23.1 Å². The van der Waals surface area contributed by atoms with Crippen molar-refractivity contribution >= 4 is 69.9 Å². The number of carbonyl (C=O) groups is 1. The number of halogens is 9. The van der Waals surface area contributed by atoms with E-state index in [4.69, 9.17) is 80.6 Å². The van der Waals surface area contributed by atoms with Gasteiger partial charge in [0.2, 0.25) is 0 Å². The number of sulfonamides is 2. The molecule has 13 rings (SSSR count). The lowest BCUT2D eigenvalue weighted by molar-refractivity contribution is -0.179. The number of hydrogen-bond donors (Lipinski definition) is 2. The van der Waals surface area contributed by atoms with E-state index in [1.165, 1.54) is 24.4 Å². The van der Waals surface area contributed by atoms with E-state index in [9.17, 15) is 69.6 Å². The van der Waals surface area contributed by atoms with E-state index >= 15 is 0 Å². The second-order valence-electron chi connectivity index (χ2n) is 29.3. The summed E-state index contributed by atoms with van der Waals surface area (Å²) in [7, 11) is -21.7. The minimum Gasteiger partial charge on any atom is -0.423 e. The molecule has 1 saturated carbocycles. The van der Waals surface area contributed by atoms with E-state index in [1.807, 2.05) is 55.4 Å². The number of hydrogen-bond acceptors (Lipinski definition) is 25. The minimum atomic E-state index is -6.81. The monoisotopic (exact) mass is 1580 g/mol. The number of ether oxygens (including phenoxy) is 9. The number of anilines is 1. The number of nitrogens with zero attached hydrogens (tertiary/aromatic N) is 1. The SMILES string of the molecule is C1CCOC1.CC1(C)OB(B2OC(C)(C)C(C)(C)O2)OC1(C)C.CC1(C)OB(C2=CCC3(CC2)OCCO3)OC1(C)C.O=C1CCC2(CC1)OCCO2.O=S(=O)(N(c1ccccc1)S(=O)(=O)C(F)(F)F)C(F)(F)F.O=S(=O)(OC1=CCC2(CC1)OCCO2)C(F)(F)F.OB(O)C1=CCC2(CC1)OCCO2. The van der Waals surface area contributed by atoms with E-state index in [0.717, 1.165) is 69.9 Å². The molecular formula is C63H96B4F9NO25S3. The fourth-order valence-electron chi connectivity index (χ4n) is 11.8. The lowest BCUT2D eigenvalue weighted by Crippen LogP contribution is -2.49. The third-order valence-electron chi connectivity index (χ3n) is 20.1. The molecule has 9 fully saturated rings. The molecule has 0 aromatic heterocycles. The molecule has 12 aliphatic rings. The maximum atomic E-state index is 12.4. The van der Waals surface area contributed by atoms with Crippen molar-refractivity contribution < 1.29 is 154 Å². The predicted octanol–water partition coefficient (Wildman–Crippen LogP) is 10.1. The van der Waals surface area contributed by atoms with Crippen molar-refractivity contribution in [1.82, 2.24) is 0 Å². The molecule has 4 aliphatic carbocycles. The van der Waals surface area contributed by atoms with Crippen LogP contribution in [-0.2, 0) is 110 Å². The Morgan fingerprint density at radius 2 is 0.781 bits per heavy atom. The first-order valence-electron chi connectivity index (χ1n) is 34.4. The molecule has 42 heteroatoms. The van der Waals surface area contributed by atoms with Crippen molar-refractivity contribution in [2.24, 2.45) is 0 Å². The molecule has 0 atom stereocenters. The number of Topliss-reactive ketones (excluding diaryl/α,β-unsaturated/α-hetero) is 1. The molecule has 0 bridgehead atoms. The highest BCUT2D eigenvalue weighted by Crippen LogP contribution is 2.47. The zero-order valence-electron chi connectivity index (χ0n) is 61.0. The molecule has 26 nitrogen and oxygen atoms in total. The summed E-state index contributed by atoms with van der Waals surface area (Å²) < 4.78 is 264. The van der Waals surface area contributed by atoms with Crippen LogP contribution in [0.25, 0.3) is 0 Å². The van der Waals surface area contributed by atoms with Gasteiger partial charge in [-0.25, -0.2) is 0 Å². The first-order chi connectivity index (χ1) is 48.2. The number of para-hydroxylation sites is 1. The zero-order valence-corrected chi connectivity index (χ0v) is 63.4. The maximum Gasteiger partial charge on any atom is 0.534 e. The highest BCUT2D eigenvalue weighted by Gasteiger charge is 2.65. The number of rotatable bonds is 8. The topological polar surface area (TPSA) is 311 Å². The van der Waals surface area contributed by atoms with Crippen molar-refractivity contribution in [3.8, 4) is 0 Å². The smallest absolute Gasteiger partial charge is 0.423 e. The van der Waals surface area contributed by atoms with Gasteiger partial charge in [-0.3, -0.25) is 4.79 Å². The molecule has 1 aromatic carbocycles. The predicted molar refractivity (Wildman–Crippen MR) is 361 cm³/mol. The Labute approximate surface area is 609 Å². The second kappa shape index (κ2) is 33.8. The molecule has 8 saturated heterocycles. The van der Waals surface area contributed by atoms with Crippen LogP contribution < -0.4 is 3.71 Å². The Balaban J connectivity index is 0.000000175. The van der Waals surface area contributed by atoms with Crippen LogP contribution in [0.5, 0.6) is 0 Å². The maximum absolute atomic E-state index is 12.4. The molecule has 0 amide bonds. The number of carbonyl (C=O) groups excluding carboxylic acids is 1. The molecule has 105 heavy (non-hydrogen) atoms. The lowest BCUT2D eigenvalue weighted by Gasteiger charge is -2.32. The van der Waals surface area contributed by atoms with Crippen molar-refractivity contribution in [3.63, 3.8) is 0 Å². The summed E-state index contributed by atoms with van der Waals surface area (Å²) in [4.78, 5) is 10.9. The van der Waals surface area contributed by atoms with Crippen LogP contribution in [0.15, 0.2) is 65.3 Å². The normalized spacial score (nSPS) is 25.6. The average molecular weight is 1580 g/mol. The largest absolute Gasteiger partial charge is 0.534 e. The third kappa shape index (κ3) is 22.0. The van der Waals surface area contributed by atoms with Gasteiger partial charge in [-0.05, 0) is 138 Å². The molecule has 596 valence electrons. The van der Waals surface area contributed by atoms with Crippen LogP contribution >= 0.6 is 0 Å². The molecule has 8 aliphatic heterocycles. The van der Waals surface area contributed by atoms with Gasteiger partial charge in [-0.15, -0.1) is 3.71 Å². The Kier molecular flexibility index (Phi) is 28.6. The Hall–Kier alpha value is -3.49. The molecule has 4 spiro atoms. The first-order valence-corrected chi connectivity index (χ1v) is 38.7. The average Bonchev–Trinajstić information content (AvgIpc) is 1.74. The Morgan fingerprint density at radius 1 is 0.438 bits per heavy atom. The summed E-state index contributed by atoms with van der Waals surface area (Å²) in [6.07, 6.45) is 15.6. The minimum absolute atomic E-state index is 0.0231.